The van der Waals surface area contributed by atoms with Gasteiger partial charge < -0.3 is 5.32 Å². The van der Waals surface area contributed by atoms with Gasteiger partial charge >= 0.3 is 6.18 Å². The number of nitrogens with one attached hydrogen (secondary N) is 1. The van der Waals surface area contributed by atoms with E-state index in [-0.39, 0.29) is 5.82 Å². The number of aromatic nitrogens is 4. The maximum atomic E-state index is 12.8. The molecule has 1 heterocycles. The zero-order chi connectivity index (χ0) is 15.5. The van der Waals surface area contributed by atoms with Gasteiger partial charge in [0, 0.05) is 5.56 Å². The lowest BCUT2D eigenvalue weighted by molar-refractivity contribution is -0.139. The quantitative estimate of drug-likeness (QED) is 0.860. The Morgan fingerprint density at radius 2 is 1.90 bits per heavy atom. The van der Waals surface area contributed by atoms with E-state index in [0.29, 0.717) is 5.56 Å². The number of amides is 1. The summed E-state index contributed by atoms with van der Waals surface area (Å²) in [6.45, 7) is -1.92. The van der Waals surface area contributed by atoms with Crippen LogP contribution in [0.15, 0.2) is 24.3 Å². The van der Waals surface area contributed by atoms with Crippen LogP contribution in [-0.4, -0.2) is 38.8 Å². The van der Waals surface area contributed by atoms with Crippen LogP contribution in [0.2, 0.25) is 0 Å². The average molecular weight is 303 g/mol. The molecule has 2 rings (SSSR count). The highest BCUT2D eigenvalue weighted by Crippen LogP contribution is 2.14. The van der Waals surface area contributed by atoms with Crippen molar-refractivity contribution < 1.29 is 22.4 Å². The van der Waals surface area contributed by atoms with E-state index in [0.717, 1.165) is 4.80 Å². The topological polar surface area (TPSA) is 72.7 Å². The number of tetrazole rings is 1. The minimum absolute atomic E-state index is 0.138. The van der Waals surface area contributed by atoms with Crippen LogP contribution < -0.4 is 5.32 Å². The molecule has 0 atom stereocenters. The van der Waals surface area contributed by atoms with Crippen LogP contribution in [0, 0.1) is 5.82 Å². The molecule has 1 N–H and O–H groups in total. The summed E-state index contributed by atoms with van der Waals surface area (Å²) in [5, 5.41) is 12.7. The summed E-state index contributed by atoms with van der Waals surface area (Å²) in [6.07, 6.45) is -4.48. The summed E-state index contributed by atoms with van der Waals surface area (Å²) >= 11 is 0. The Morgan fingerprint density at radius 1 is 1.24 bits per heavy atom. The first-order chi connectivity index (χ1) is 9.83. The molecule has 21 heavy (non-hydrogen) atoms. The second-order valence-electron chi connectivity index (χ2n) is 4.04. The van der Waals surface area contributed by atoms with Crippen LogP contribution in [0.4, 0.5) is 17.6 Å². The van der Waals surface area contributed by atoms with E-state index in [9.17, 15) is 22.4 Å². The number of nitrogens with zero attached hydrogens (tertiary/aromatic N) is 4. The van der Waals surface area contributed by atoms with Gasteiger partial charge in [-0.2, -0.15) is 18.0 Å². The van der Waals surface area contributed by atoms with E-state index < -0.39 is 31.0 Å². The van der Waals surface area contributed by atoms with Crippen LogP contribution in [0.3, 0.4) is 0 Å². The molecule has 0 unspecified atom stereocenters. The molecule has 2 aromatic rings. The van der Waals surface area contributed by atoms with Crippen LogP contribution >= 0.6 is 0 Å². The number of halogens is 4. The molecule has 10 heteroatoms. The second kappa shape index (κ2) is 5.85. The number of rotatable bonds is 4. The molecule has 0 aliphatic heterocycles. The van der Waals surface area contributed by atoms with Gasteiger partial charge in [0.15, 0.2) is 0 Å². The van der Waals surface area contributed by atoms with E-state index in [2.05, 4.69) is 15.4 Å². The number of benzene rings is 1. The first kappa shape index (κ1) is 14.9. The van der Waals surface area contributed by atoms with Crippen molar-refractivity contribution in [3.63, 3.8) is 0 Å². The van der Waals surface area contributed by atoms with Gasteiger partial charge in [-0.05, 0) is 29.5 Å². The summed E-state index contributed by atoms with van der Waals surface area (Å²) in [6, 6.07) is 5.24. The lowest BCUT2D eigenvalue weighted by Gasteiger charge is -2.07. The van der Waals surface area contributed by atoms with Crippen LogP contribution in [-0.2, 0) is 11.3 Å². The molecule has 0 bridgehead atoms. The predicted molar refractivity (Wildman–Crippen MR) is 62.3 cm³/mol. The maximum absolute atomic E-state index is 12.8. The molecule has 0 saturated carbocycles. The molecule has 0 aliphatic carbocycles. The smallest absolute Gasteiger partial charge is 0.345 e. The molecule has 6 nitrogen and oxygen atoms in total. The van der Waals surface area contributed by atoms with Gasteiger partial charge in [0.05, 0.1) is 0 Å². The van der Waals surface area contributed by atoms with Crippen molar-refractivity contribution in [2.75, 3.05) is 6.54 Å². The summed E-state index contributed by atoms with van der Waals surface area (Å²) < 4.78 is 48.5. The molecule has 112 valence electrons. The third-order valence-electron chi connectivity index (χ3n) is 2.33. The fraction of sp³-hybridized carbons (Fsp3) is 0.273. The van der Waals surface area contributed by atoms with Crippen LogP contribution in [0.25, 0.3) is 11.4 Å². The first-order valence-electron chi connectivity index (χ1n) is 5.71. The van der Waals surface area contributed by atoms with Crippen LogP contribution in [0.1, 0.15) is 0 Å². The highest BCUT2D eigenvalue weighted by Gasteiger charge is 2.27. The average Bonchev–Trinajstić information content (AvgIpc) is 2.85. The molecular weight excluding hydrogens is 294 g/mol. The summed E-state index contributed by atoms with van der Waals surface area (Å²) in [5.74, 6) is -1.19. The number of alkyl halides is 3. The van der Waals surface area contributed by atoms with E-state index in [1.165, 1.54) is 24.3 Å². The fourth-order valence-corrected chi connectivity index (χ4v) is 1.41. The Balaban J connectivity index is 1.97. The van der Waals surface area contributed by atoms with Crippen molar-refractivity contribution in [3.05, 3.63) is 30.1 Å². The largest absolute Gasteiger partial charge is 0.405 e. The lowest BCUT2D eigenvalue weighted by Crippen LogP contribution is -2.36. The molecule has 1 aromatic heterocycles. The number of carbonyl (C=O) groups excluding carboxylic acids is 1. The van der Waals surface area contributed by atoms with Gasteiger partial charge in [-0.25, -0.2) is 4.39 Å². The van der Waals surface area contributed by atoms with E-state index in [1.807, 2.05) is 0 Å². The minimum atomic E-state index is -4.48. The van der Waals surface area contributed by atoms with Gasteiger partial charge in [0.25, 0.3) is 0 Å². The van der Waals surface area contributed by atoms with E-state index in [4.69, 9.17) is 0 Å². The third kappa shape index (κ3) is 4.51. The standard InChI is InChI=1S/C11H9F4N5O/c12-8-3-1-7(2-4-8)10-17-19-20(18-10)5-9(21)16-6-11(13,14)15/h1-4H,5-6H2,(H,16,21). The molecule has 0 spiro atoms. The van der Waals surface area contributed by atoms with Gasteiger partial charge in [-0.3, -0.25) is 4.79 Å². The van der Waals surface area contributed by atoms with E-state index >= 15 is 0 Å². The van der Waals surface area contributed by atoms with Crippen molar-refractivity contribution in [1.29, 1.82) is 0 Å². The normalized spacial score (nSPS) is 11.4. The number of carbonyl (C=O) groups is 1. The Kier molecular flexibility index (Phi) is 4.15. The van der Waals surface area contributed by atoms with Crippen molar-refractivity contribution in [2.45, 2.75) is 12.7 Å². The van der Waals surface area contributed by atoms with Crippen molar-refractivity contribution >= 4 is 5.91 Å². The maximum Gasteiger partial charge on any atom is 0.405 e. The number of hydrogen-bond donors (Lipinski definition) is 1. The summed E-state index contributed by atoms with van der Waals surface area (Å²) in [7, 11) is 0. The SMILES string of the molecule is O=C(Cn1nnc(-c2ccc(F)cc2)n1)NCC(F)(F)F. The zero-order valence-electron chi connectivity index (χ0n) is 10.4. The van der Waals surface area contributed by atoms with Crippen molar-refractivity contribution in [1.82, 2.24) is 25.5 Å². The second-order valence-corrected chi connectivity index (χ2v) is 4.04. The Labute approximate surface area is 115 Å². The molecule has 1 aromatic carbocycles. The van der Waals surface area contributed by atoms with Gasteiger partial charge in [0.2, 0.25) is 11.7 Å². The summed E-state index contributed by atoms with van der Waals surface area (Å²) in [5.41, 5.74) is 0.471. The van der Waals surface area contributed by atoms with Gasteiger partial charge in [0.1, 0.15) is 18.9 Å². The fourth-order valence-electron chi connectivity index (χ4n) is 1.41. The third-order valence-corrected chi connectivity index (χ3v) is 2.33. The Hall–Kier alpha value is -2.52. The summed E-state index contributed by atoms with van der Waals surface area (Å²) in [4.78, 5) is 12.1. The zero-order valence-corrected chi connectivity index (χ0v) is 10.4. The van der Waals surface area contributed by atoms with Gasteiger partial charge in [-0.1, -0.05) is 0 Å². The monoisotopic (exact) mass is 303 g/mol. The molecule has 0 fully saturated rings. The van der Waals surface area contributed by atoms with Crippen molar-refractivity contribution in [3.8, 4) is 11.4 Å². The predicted octanol–water partition coefficient (Wildman–Crippen LogP) is 1.16. The minimum Gasteiger partial charge on any atom is -0.345 e. The highest BCUT2D eigenvalue weighted by molar-refractivity contribution is 5.75. The lowest BCUT2D eigenvalue weighted by atomic mass is 10.2. The molecule has 0 radical (unpaired) electrons. The van der Waals surface area contributed by atoms with Crippen LogP contribution in [0.5, 0.6) is 0 Å². The highest BCUT2D eigenvalue weighted by atomic mass is 19.4. The number of hydrogen-bond acceptors (Lipinski definition) is 4. The molecule has 1 amide bonds. The van der Waals surface area contributed by atoms with Crippen molar-refractivity contribution in [2.24, 2.45) is 0 Å². The Morgan fingerprint density at radius 3 is 2.52 bits per heavy atom. The first-order valence-corrected chi connectivity index (χ1v) is 5.71. The van der Waals surface area contributed by atoms with E-state index in [1.54, 1.807) is 5.32 Å². The Bertz CT molecular complexity index is 622. The molecule has 0 aliphatic rings. The van der Waals surface area contributed by atoms with Gasteiger partial charge in [-0.15, -0.1) is 10.2 Å². The molecule has 0 saturated heterocycles. The molecular formula is C11H9F4N5O.